The molecular weight excluding hydrogens is 375 g/mol. The molecule has 2 N–H and O–H groups in total. The van der Waals surface area contributed by atoms with Gasteiger partial charge in [-0.05, 0) is 37.5 Å². The van der Waals surface area contributed by atoms with E-state index in [1.54, 1.807) is 18.2 Å². The van der Waals surface area contributed by atoms with E-state index in [-0.39, 0.29) is 23.9 Å². The quantitative estimate of drug-likeness (QED) is 0.816. The third-order valence-corrected chi connectivity index (χ3v) is 5.06. The van der Waals surface area contributed by atoms with Crippen molar-refractivity contribution in [3.63, 3.8) is 0 Å². The summed E-state index contributed by atoms with van der Waals surface area (Å²) in [6.45, 7) is 3.57. The van der Waals surface area contributed by atoms with E-state index in [4.69, 9.17) is 23.2 Å². The fourth-order valence-electron chi connectivity index (χ4n) is 2.97. The molecule has 1 aromatic heterocycles. The molecule has 1 saturated heterocycles. The summed E-state index contributed by atoms with van der Waals surface area (Å²) in [5.41, 5.74) is 1.08. The molecule has 2 heterocycles. The number of benzene rings is 1. The van der Waals surface area contributed by atoms with E-state index in [0.29, 0.717) is 21.7 Å². The van der Waals surface area contributed by atoms with Crippen LogP contribution < -0.4 is 15.8 Å². The molecule has 1 aliphatic rings. The Morgan fingerprint density at radius 2 is 2.00 bits per heavy atom. The highest BCUT2D eigenvalue weighted by Crippen LogP contribution is 2.23. The van der Waals surface area contributed by atoms with E-state index in [1.807, 2.05) is 6.92 Å². The van der Waals surface area contributed by atoms with Crippen molar-refractivity contribution in [2.24, 2.45) is 0 Å². The zero-order valence-electron chi connectivity index (χ0n) is 14.4. The number of aromatic amines is 1. The number of amides is 1. The number of nitrogens with zero attached hydrogens (tertiary/aromatic N) is 2. The Hall–Kier alpha value is -2.05. The van der Waals surface area contributed by atoms with Gasteiger partial charge in [-0.2, -0.15) is 0 Å². The van der Waals surface area contributed by atoms with Gasteiger partial charge in [0, 0.05) is 19.2 Å². The Morgan fingerprint density at radius 3 is 2.69 bits per heavy atom. The molecule has 2 aromatic rings. The van der Waals surface area contributed by atoms with Gasteiger partial charge < -0.3 is 10.2 Å². The Labute approximate surface area is 161 Å². The fraction of sp³-hybridized carbons (Fsp3) is 0.389. The first-order valence-corrected chi connectivity index (χ1v) is 9.27. The third kappa shape index (κ3) is 4.56. The van der Waals surface area contributed by atoms with E-state index in [2.05, 4.69) is 20.2 Å². The first kappa shape index (κ1) is 18.7. The minimum Gasteiger partial charge on any atom is -0.348 e. The monoisotopic (exact) mass is 394 g/mol. The zero-order chi connectivity index (χ0) is 18.7. The van der Waals surface area contributed by atoms with Crippen molar-refractivity contribution in [2.45, 2.75) is 32.2 Å². The molecule has 1 fully saturated rings. The maximum Gasteiger partial charge on any atom is 0.252 e. The van der Waals surface area contributed by atoms with Crippen LogP contribution in [0.1, 0.15) is 37.1 Å². The highest BCUT2D eigenvalue weighted by molar-refractivity contribution is 6.42. The summed E-state index contributed by atoms with van der Waals surface area (Å²) in [5, 5.41) is 3.74. The van der Waals surface area contributed by atoms with Crippen molar-refractivity contribution in [3.05, 3.63) is 55.9 Å². The number of carbonyl (C=O) groups excluding carboxylic acids is 1. The van der Waals surface area contributed by atoms with Gasteiger partial charge in [0.1, 0.15) is 0 Å². The van der Waals surface area contributed by atoms with Crippen molar-refractivity contribution in [1.82, 2.24) is 15.3 Å². The van der Waals surface area contributed by atoms with Crippen molar-refractivity contribution < 1.29 is 4.79 Å². The van der Waals surface area contributed by atoms with Crippen LogP contribution in [0, 0.1) is 0 Å². The maximum absolute atomic E-state index is 12.3. The molecule has 0 bridgehead atoms. The molecule has 3 rings (SSSR count). The first-order valence-electron chi connectivity index (χ1n) is 8.52. The fourth-order valence-corrected chi connectivity index (χ4v) is 3.29. The van der Waals surface area contributed by atoms with Gasteiger partial charge in [0.15, 0.2) is 0 Å². The summed E-state index contributed by atoms with van der Waals surface area (Å²) >= 11 is 11.9. The number of halogens is 2. The second-order valence-corrected chi connectivity index (χ2v) is 7.22. The molecule has 6 nitrogen and oxygen atoms in total. The predicted octanol–water partition coefficient (Wildman–Crippen LogP) is 3.10. The van der Waals surface area contributed by atoms with Crippen molar-refractivity contribution >= 4 is 35.1 Å². The van der Waals surface area contributed by atoms with Crippen LogP contribution >= 0.6 is 23.2 Å². The van der Waals surface area contributed by atoms with Crippen LogP contribution in [0.15, 0.2) is 29.1 Å². The molecule has 1 unspecified atom stereocenters. The summed E-state index contributed by atoms with van der Waals surface area (Å²) in [6, 6.07) is 6.13. The zero-order valence-corrected chi connectivity index (χ0v) is 15.9. The Morgan fingerprint density at radius 1 is 1.27 bits per heavy atom. The number of anilines is 1. The van der Waals surface area contributed by atoms with E-state index >= 15 is 0 Å². The number of aromatic nitrogens is 2. The average molecular weight is 395 g/mol. The summed E-state index contributed by atoms with van der Waals surface area (Å²) in [4.78, 5) is 33.6. The van der Waals surface area contributed by atoms with Crippen molar-refractivity contribution in [2.75, 3.05) is 18.0 Å². The Bertz CT molecular complexity index is 863. The molecule has 138 valence electrons. The molecule has 1 atom stereocenters. The molecule has 1 amide bonds. The number of carbonyl (C=O) groups is 1. The second kappa shape index (κ2) is 8.10. The number of rotatable bonds is 5. The molecule has 26 heavy (non-hydrogen) atoms. The summed E-state index contributed by atoms with van der Waals surface area (Å²) < 4.78 is 0. The minimum atomic E-state index is -0.381. The van der Waals surface area contributed by atoms with Crippen molar-refractivity contribution in [1.29, 1.82) is 0 Å². The molecular formula is C18H20Cl2N4O2. The van der Waals surface area contributed by atoms with Gasteiger partial charge >= 0.3 is 0 Å². The topological polar surface area (TPSA) is 78.1 Å². The third-order valence-electron chi connectivity index (χ3n) is 4.32. The van der Waals surface area contributed by atoms with Crippen LogP contribution in [0.25, 0.3) is 0 Å². The van der Waals surface area contributed by atoms with Crippen molar-refractivity contribution in [3.8, 4) is 0 Å². The van der Waals surface area contributed by atoms with E-state index in [1.165, 1.54) is 6.07 Å². The summed E-state index contributed by atoms with van der Waals surface area (Å²) in [7, 11) is 0. The highest BCUT2D eigenvalue weighted by Gasteiger charge is 2.18. The predicted molar refractivity (Wildman–Crippen MR) is 103 cm³/mol. The molecule has 0 radical (unpaired) electrons. The van der Waals surface area contributed by atoms with E-state index < -0.39 is 0 Å². The maximum atomic E-state index is 12.3. The van der Waals surface area contributed by atoms with Crippen LogP contribution in [0.2, 0.25) is 10.0 Å². The second-order valence-electron chi connectivity index (χ2n) is 6.40. The van der Waals surface area contributed by atoms with Crippen LogP contribution in [0.5, 0.6) is 0 Å². The molecule has 1 aromatic carbocycles. The molecule has 0 saturated carbocycles. The number of H-pyrrole nitrogens is 1. The standard InChI is InChI=1S/C18H20Cl2N4O2/c1-11(21-16(25)9-12-4-5-13(19)14(20)8-12)15-10-17(26)23-18(22-15)24-6-2-3-7-24/h4-5,8,10-11H,2-3,6-7,9H2,1H3,(H,21,25)(H,22,23,26). The van der Waals surface area contributed by atoms with Gasteiger partial charge in [-0.3, -0.25) is 14.6 Å². The number of hydrogen-bond acceptors (Lipinski definition) is 4. The van der Waals surface area contributed by atoms with Crippen LogP contribution in [0.4, 0.5) is 5.95 Å². The normalized spacial score (nSPS) is 15.1. The average Bonchev–Trinajstić information content (AvgIpc) is 3.12. The van der Waals surface area contributed by atoms with Crippen LogP contribution in [-0.4, -0.2) is 29.0 Å². The molecule has 0 aliphatic carbocycles. The van der Waals surface area contributed by atoms with Gasteiger partial charge in [-0.15, -0.1) is 0 Å². The Balaban J connectivity index is 1.68. The minimum absolute atomic E-state index is 0.170. The molecule has 8 heteroatoms. The van der Waals surface area contributed by atoms with Gasteiger partial charge in [0.2, 0.25) is 11.9 Å². The lowest BCUT2D eigenvalue weighted by atomic mass is 10.1. The molecule has 1 aliphatic heterocycles. The molecule has 0 spiro atoms. The van der Waals surface area contributed by atoms with Gasteiger partial charge in [-0.1, -0.05) is 29.3 Å². The van der Waals surface area contributed by atoms with Gasteiger partial charge in [0.05, 0.1) is 28.2 Å². The van der Waals surface area contributed by atoms with Crippen LogP contribution in [-0.2, 0) is 11.2 Å². The number of hydrogen-bond donors (Lipinski definition) is 2. The van der Waals surface area contributed by atoms with Crippen LogP contribution in [0.3, 0.4) is 0 Å². The lowest BCUT2D eigenvalue weighted by Crippen LogP contribution is -2.31. The summed E-state index contributed by atoms with van der Waals surface area (Å²) in [6.07, 6.45) is 2.34. The van der Waals surface area contributed by atoms with E-state index in [0.717, 1.165) is 31.5 Å². The summed E-state index contributed by atoms with van der Waals surface area (Å²) in [5.74, 6) is 0.385. The Kier molecular flexibility index (Phi) is 5.84. The smallest absolute Gasteiger partial charge is 0.252 e. The number of nitrogens with one attached hydrogen (secondary N) is 2. The largest absolute Gasteiger partial charge is 0.348 e. The lowest BCUT2D eigenvalue weighted by Gasteiger charge is -2.19. The van der Waals surface area contributed by atoms with E-state index in [9.17, 15) is 9.59 Å². The SMILES string of the molecule is CC(NC(=O)Cc1ccc(Cl)c(Cl)c1)c1cc(=O)[nH]c(N2CCCC2)n1. The lowest BCUT2D eigenvalue weighted by molar-refractivity contribution is -0.121. The first-order chi connectivity index (χ1) is 12.4. The highest BCUT2D eigenvalue weighted by atomic mass is 35.5. The van der Waals surface area contributed by atoms with Gasteiger partial charge in [0.25, 0.3) is 5.56 Å². The van der Waals surface area contributed by atoms with Gasteiger partial charge in [-0.25, -0.2) is 4.98 Å².